The number of halogens is 2. The summed E-state index contributed by atoms with van der Waals surface area (Å²) in [5.41, 5.74) is 1.57. The molecule has 1 fully saturated rings. The molecule has 3 heteroatoms. The molecule has 94 valence electrons. The maximum absolute atomic E-state index is 13.5. The standard InChI is InChI=1S/C14H19ClFN/c1-10-7-13(15)12(8-14(10)16)5-4-11-3-2-6-17-9-11/h7-8,11,17H,2-6,9H2,1H3. The molecule has 0 bridgehead atoms. The van der Waals surface area contributed by atoms with Crippen molar-refractivity contribution in [3.8, 4) is 0 Å². The summed E-state index contributed by atoms with van der Waals surface area (Å²) in [6, 6.07) is 3.32. The van der Waals surface area contributed by atoms with Gasteiger partial charge >= 0.3 is 0 Å². The lowest BCUT2D eigenvalue weighted by atomic mass is 9.92. The van der Waals surface area contributed by atoms with E-state index >= 15 is 0 Å². The van der Waals surface area contributed by atoms with E-state index in [0.717, 1.165) is 31.5 Å². The number of nitrogens with one attached hydrogen (secondary N) is 1. The number of hydrogen-bond donors (Lipinski definition) is 1. The van der Waals surface area contributed by atoms with E-state index in [9.17, 15) is 4.39 Å². The van der Waals surface area contributed by atoms with Crippen LogP contribution in [0.5, 0.6) is 0 Å². The maximum Gasteiger partial charge on any atom is 0.126 e. The van der Waals surface area contributed by atoms with Gasteiger partial charge in [0.15, 0.2) is 0 Å². The lowest BCUT2D eigenvalue weighted by molar-refractivity contribution is 0.358. The van der Waals surface area contributed by atoms with Gasteiger partial charge in [-0.25, -0.2) is 4.39 Å². The average molecular weight is 256 g/mol. The Labute approximate surface area is 107 Å². The first-order valence-electron chi connectivity index (χ1n) is 6.32. The second-order valence-corrected chi connectivity index (χ2v) is 5.35. The highest BCUT2D eigenvalue weighted by Gasteiger charge is 2.14. The number of hydrogen-bond acceptors (Lipinski definition) is 1. The van der Waals surface area contributed by atoms with Gasteiger partial charge in [0.05, 0.1) is 0 Å². The molecule has 1 aliphatic rings. The van der Waals surface area contributed by atoms with Crippen molar-refractivity contribution >= 4 is 11.6 Å². The second-order valence-electron chi connectivity index (χ2n) is 4.94. The van der Waals surface area contributed by atoms with E-state index in [1.54, 1.807) is 19.1 Å². The molecular weight excluding hydrogens is 237 g/mol. The molecule has 0 radical (unpaired) electrons. The van der Waals surface area contributed by atoms with Crippen molar-refractivity contribution < 1.29 is 4.39 Å². The first-order valence-corrected chi connectivity index (χ1v) is 6.70. The molecule has 1 atom stereocenters. The second kappa shape index (κ2) is 5.83. The Bertz CT molecular complexity index is 386. The highest BCUT2D eigenvalue weighted by molar-refractivity contribution is 6.31. The van der Waals surface area contributed by atoms with Crippen LogP contribution in [0.15, 0.2) is 12.1 Å². The molecule has 0 aromatic heterocycles. The summed E-state index contributed by atoms with van der Waals surface area (Å²) in [6.45, 7) is 3.97. The molecule has 1 heterocycles. The minimum absolute atomic E-state index is 0.147. The minimum Gasteiger partial charge on any atom is -0.316 e. The van der Waals surface area contributed by atoms with Gasteiger partial charge in [-0.15, -0.1) is 0 Å². The molecule has 0 amide bonds. The summed E-state index contributed by atoms with van der Waals surface area (Å²) in [4.78, 5) is 0. The summed E-state index contributed by atoms with van der Waals surface area (Å²) >= 11 is 6.14. The van der Waals surface area contributed by atoms with E-state index in [0.29, 0.717) is 16.5 Å². The van der Waals surface area contributed by atoms with Crippen molar-refractivity contribution in [1.29, 1.82) is 0 Å². The van der Waals surface area contributed by atoms with Gasteiger partial charge in [0.1, 0.15) is 5.82 Å². The third kappa shape index (κ3) is 3.43. The number of rotatable bonds is 3. The van der Waals surface area contributed by atoms with E-state index in [2.05, 4.69) is 5.32 Å². The Morgan fingerprint density at radius 1 is 1.47 bits per heavy atom. The van der Waals surface area contributed by atoms with Gasteiger partial charge < -0.3 is 5.32 Å². The van der Waals surface area contributed by atoms with Crippen molar-refractivity contribution in [3.05, 3.63) is 34.1 Å². The van der Waals surface area contributed by atoms with Gasteiger partial charge in [0.25, 0.3) is 0 Å². The minimum atomic E-state index is -0.147. The molecule has 1 N–H and O–H groups in total. The van der Waals surface area contributed by atoms with Crippen molar-refractivity contribution in [1.82, 2.24) is 5.32 Å². The van der Waals surface area contributed by atoms with Gasteiger partial charge in [-0.05, 0) is 74.9 Å². The summed E-state index contributed by atoms with van der Waals surface area (Å²) < 4.78 is 13.5. The van der Waals surface area contributed by atoms with Crippen LogP contribution in [0.3, 0.4) is 0 Å². The Morgan fingerprint density at radius 2 is 2.29 bits per heavy atom. The van der Waals surface area contributed by atoms with Gasteiger partial charge in [-0.2, -0.15) is 0 Å². The molecule has 17 heavy (non-hydrogen) atoms. The van der Waals surface area contributed by atoms with Crippen molar-refractivity contribution in [3.63, 3.8) is 0 Å². The lowest BCUT2D eigenvalue weighted by Gasteiger charge is -2.22. The first kappa shape index (κ1) is 12.8. The molecule has 1 nitrogen and oxygen atoms in total. The van der Waals surface area contributed by atoms with Crippen LogP contribution in [0.2, 0.25) is 5.02 Å². The number of aryl methyl sites for hydroxylation is 2. The zero-order chi connectivity index (χ0) is 12.3. The van der Waals surface area contributed by atoms with Gasteiger partial charge in [0.2, 0.25) is 0 Å². The zero-order valence-corrected chi connectivity index (χ0v) is 11.0. The van der Waals surface area contributed by atoms with Crippen molar-refractivity contribution in [2.24, 2.45) is 5.92 Å². The van der Waals surface area contributed by atoms with Crippen LogP contribution in [0.4, 0.5) is 4.39 Å². The Balaban J connectivity index is 1.96. The Kier molecular flexibility index (Phi) is 4.41. The van der Waals surface area contributed by atoms with E-state index in [4.69, 9.17) is 11.6 Å². The highest BCUT2D eigenvalue weighted by atomic mass is 35.5. The number of benzene rings is 1. The van der Waals surface area contributed by atoms with E-state index < -0.39 is 0 Å². The molecular formula is C14H19ClFN. The fraction of sp³-hybridized carbons (Fsp3) is 0.571. The van der Waals surface area contributed by atoms with Crippen molar-refractivity contribution in [2.75, 3.05) is 13.1 Å². The molecule has 0 aliphatic carbocycles. The van der Waals surface area contributed by atoms with E-state index in [1.165, 1.54) is 12.8 Å². The molecule has 2 rings (SSSR count). The Morgan fingerprint density at radius 3 is 3.00 bits per heavy atom. The van der Waals surface area contributed by atoms with Crippen LogP contribution in [0.1, 0.15) is 30.4 Å². The monoisotopic (exact) mass is 255 g/mol. The van der Waals surface area contributed by atoms with Gasteiger partial charge in [-0.3, -0.25) is 0 Å². The van der Waals surface area contributed by atoms with E-state index in [1.807, 2.05) is 0 Å². The van der Waals surface area contributed by atoms with Gasteiger partial charge in [-0.1, -0.05) is 11.6 Å². The summed E-state index contributed by atoms with van der Waals surface area (Å²) in [6.07, 6.45) is 4.50. The topological polar surface area (TPSA) is 12.0 Å². The van der Waals surface area contributed by atoms with Crippen LogP contribution in [-0.4, -0.2) is 13.1 Å². The molecule has 0 saturated carbocycles. The fourth-order valence-electron chi connectivity index (χ4n) is 2.41. The predicted molar refractivity (Wildman–Crippen MR) is 70.1 cm³/mol. The smallest absolute Gasteiger partial charge is 0.126 e. The molecule has 1 saturated heterocycles. The zero-order valence-electron chi connectivity index (χ0n) is 10.2. The van der Waals surface area contributed by atoms with Crippen LogP contribution in [-0.2, 0) is 6.42 Å². The van der Waals surface area contributed by atoms with E-state index in [-0.39, 0.29) is 5.82 Å². The normalized spacial score (nSPS) is 20.5. The third-order valence-electron chi connectivity index (χ3n) is 3.55. The van der Waals surface area contributed by atoms with Crippen LogP contribution in [0.25, 0.3) is 0 Å². The summed E-state index contributed by atoms with van der Waals surface area (Å²) in [5, 5.41) is 4.10. The fourth-order valence-corrected chi connectivity index (χ4v) is 2.72. The van der Waals surface area contributed by atoms with Crippen molar-refractivity contribution in [2.45, 2.75) is 32.6 Å². The SMILES string of the molecule is Cc1cc(Cl)c(CCC2CCCNC2)cc1F. The maximum atomic E-state index is 13.5. The Hall–Kier alpha value is -0.600. The van der Waals surface area contributed by atoms with Crippen LogP contribution >= 0.6 is 11.6 Å². The molecule has 0 spiro atoms. The molecule has 1 aliphatic heterocycles. The highest BCUT2D eigenvalue weighted by Crippen LogP contribution is 2.24. The lowest BCUT2D eigenvalue weighted by Crippen LogP contribution is -2.29. The predicted octanol–water partition coefficient (Wildman–Crippen LogP) is 3.72. The summed E-state index contributed by atoms with van der Waals surface area (Å²) in [5.74, 6) is 0.565. The summed E-state index contributed by atoms with van der Waals surface area (Å²) in [7, 11) is 0. The molecule has 1 unspecified atom stereocenters. The van der Waals surface area contributed by atoms with Gasteiger partial charge in [0, 0.05) is 5.02 Å². The molecule has 1 aromatic carbocycles. The largest absolute Gasteiger partial charge is 0.316 e. The quantitative estimate of drug-likeness (QED) is 0.868. The van der Waals surface area contributed by atoms with Crippen LogP contribution in [0, 0.1) is 18.7 Å². The number of piperidine rings is 1. The van der Waals surface area contributed by atoms with Crippen LogP contribution < -0.4 is 5.32 Å². The first-order chi connectivity index (χ1) is 8.16. The average Bonchev–Trinajstić information content (AvgIpc) is 2.33. The molecule has 1 aromatic rings. The third-order valence-corrected chi connectivity index (χ3v) is 3.90.